The summed E-state index contributed by atoms with van der Waals surface area (Å²) in [4.78, 5) is 20.6. The molecule has 0 aromatic heterocycles. The lowest BCUT2D eigenvalue weighted by Gasteiger charge is -2.37. The highest BCUT2D eigenvalue weighted by molar-refractivity contribution is 5.37. The average Bonchev–Trinajstić information content (AvgIpc) is 2.64. The van der Waals surface area contributed by atoms with Crippen LogP contribution in [0.4, 0.5) is 11.4 Å². The van der Waals surface area contributed by atoms with Gasteiger partial charge in [-0.3, -0.25) is 20.2 Å². The molecule has 0 heterocycles. The Morgan fingerprint density at radius 1 is 0.857 bits per heavy atom. The topological polar surface area (TPSA) is 105 Å². The van der Waals surface area contributed by atoms with Gasteiger partial charge < -0.3 is 9.47 Å². The van der Waals surface area contributed by atoms with E-state index in [2.05, 4.69) is 0 Å². The van der Waals surface area contributed by atoms with Crippen LogP contribution in [0.5, 0.6) is 11.5 Å². The zero-order chi connectivity index (χ0) is 20.9. The van der Waals surface area contributed by atoms with Gasteiger partial charge in [0.15, 0.2) is 0 Å². The normalized spacial score (nSPS) is 12.5. The molecular weight excluding hydrogens is 364 g/mol. The van der Waals surface area contributed by atoms with Crippen LogP contribution in [0, 0.1) is 31.6 Å². The summed E-state index contributed by atoms with van der Waals surface area (Å²) in [7, 11) is 0. The summed E-state index contributed by atoms with van der Waals surface area (Å²) in [6.07, 6.45) is -0.216. The van der Waals surface area contributed by atoms with Gasteiger partial charge in [-0.15, -0.1) is 0 Å². The van der Waals surface area contributed by atoms with Crippen molar-refractivity contribution in [1.82, 2.24) is 0 Å². The van der Waals surface area contributed by atoms with Crippen molar-refractivity contribution in [3.8, 4) is 11.5 Å². The molecular formula is C20H24N2O6. The second-order valence-electron chi connectivity index (χ2n) is 7.56. The number of hydrogen-bond acceptors (Lipinski definition) is 6. The second kappa shape index (κ2) is 8.69. The number of ether oxygens (including phenoxy) is 2. The molecule has 0 bridgehead atoms. The summed E-state index contributed by atoms with van der Waals surface area (Å²) in [6.45, 7) is 8.41. The van der Waals surface area contributed by atoms with Crippen LogP contribution >= 0.6 is 0 Å². The molecule has 1 atom stereocenters. The molecule has 2 aromatic carbocycles. The average molecular weight is 388 g/mol. The molecule has 150 valence electrons. The molecule has 0 aliphatic rings. The number of nitrogens with zero attached hydrogens (tertiary/aromatic N) is 2. The third-order valence-electron chi connectivity index (χ3n) is 4.34. The Bertz CT molecular complexity index is 816. The first-order valence-corrected chi connectivity index (χ1v) is 8.88. The fraction of sp³-hybridized carbons (Fsp3) is 0.400. The van der Waals surface area contributed by atoms with Crippen LogP contribution < -0.4 is 9.47 Å². The minimum Gasteiger partial charge on any atom is -0.493 e. The maximum absolute atomic E-state index is 10.8. The van der Waals surface area contributed by atoms with E-state index >= 15 is 0 Å². The number of hydrogen-bond donors (Lipinski definition) is 0. The third kappa shape index (κ3) is 5.42. The molecule has 28 heavy (non-hydrogen) atoms. The van der Waals surface area contributed by atoms with Gasteiger partial charge in [0, 0.05) is 29.7 Å². The number of nitro benzene ring substituents is 2. The quantitative estimate of drug-likeness (QED) is 0.441. The predicted molar refractivity (Wildman–Crippen MR) is 105 cm³/mol. The fourth-order valence-electron chi connectivity index (χ4n) is 3.01. The molecule has 0 aliphatic heterocycles. The van der Waals surface area contributed by atoms with Gasteiger partial charge in [-0.2, -0.15) is 0 Å². The SMILES string of the molecule is CC(C)C(Oc1ccc([N+](=O)[O-])cc1)C(C)(C)COc1ccc([N+](=O)[O-])cc1. The standard InChI is InChI=1S/C20H24N2O6/c1-14(2)19(28-18-11-7-16(8-12-18)22(25)26)20(3,4)13-27-17-9-5-15(6-10-17)21(23)24/h5-12,14,19H,13H2,1-4H3. The lowest BCUT2D eigenvalue weighted by Crippen LogP contribution is -2.42. The molecule has 0 fully saturated rings. The zero-order valence-corrected chi connectivity index (χ0v) is 16.3. The van der Waals surface area contributed by atoms with Gasteiger partial charge in [-0.25, -0.2) is 0 Å². The Morgan fingerprint density at radius 2 is 1.29 bits per heavy atom. The summed E-state index contributed by atoms with van der Waals surface area (Å²) in [5, 5.41) is 21.5. The largest absolute Gasteiger partial charge is 0.493 e. The van der Waals surface area contributed by atoms with Crippen LogP contribution in [0.15, 0.2) is 48.5 Å². The molecule has 8 heteroatoms. The van der Waals surface area contributed by atoms with Crippen LogP contribution in [-0.4, -0.2) is 22.6 Å². The van der Waals surface area contributed by atoms with Crippen molar-refractivity contribution < 1.29 is 19.3 Å². The summed E-state index contributed by atoms with van der Waals surface area (Å²) in [5.41, 5.74) is -0.375. The van der Waals surface area contributed by atoms with Gasteiger partial charge in [0.1, 0.15) is 17.6 Å². The molecule has 0 saturated heterocycles. The van der Waals surface area contributed by atoms with E-state index in [0.29, 0.717) is 18.1 Å². The van der Waals surface area contributed by atoms with Crippen LogP contribution in [0.1, 0.15) is 27.7 Å². The van der Waals surface area contributed by atoms with Gasteiger partial charge in [-0.05, 0) is 30.2 Å². The van der Waals surface area contributed by atoms with Crippen LogP contribution in [0.3, 0.4) is 0 Å². The summed E-state index contributed by atoms with van der Waals surface area (Å²) < 4.78 is 12.0. The summed E-state index contributed by atoms with van der Waals surface area (Å²) >= 11 is 0. The van der Waals surface area contributed by atoms with Crippen molar-refractivity contribution in [3.63, 3.8) is 0 Å². The lowest BCUT2D eigenvalue weighted by molar-refractivity contribution is -0.385. The number of rotatable bonds is 9. The minimum absolute atomic E-state index is 0.00757. The number of nitro groups is 2. The molecule has 0 radical (unpaired) electrons. The second-order valence-corrected chi connectivity index (χ2v) is 7.56. The minimum atomic E-state index is -0.458. The van der Waals surface area contributed by atoms with E-state index in [9.17, 15) is 20.2 Å². The van der Waals surface area contributed by atoms with E-state index < -0.39 is 15.3 Å². The molecule has 0 aliphatic carbocycles. The monoisotopic (exact) mass is 388 g/mol. The highest BCUT2D eigenvalue weighted by Crippen LogP contribution is 2.32. The van der Waals surface area contributed by atoms with Gasteiger partial charge in [0.2, 0.25) is 0 Å². The molecule has 0 N–H and O–H groups in total. The van der Waals surface area contributed by atoms with E-state index in [1.54, 1.807) is 24.3 Å². The molecule has 0 amide bonds. The van der Waals surface area contributed by atoms with E-state index in [-0.39, 0.29) is 23.4 Å². The smallest absolute Gasteiger partial charge is 0.269 e. The maximum atomic E-state index is 10.8. The molecule has 1 unspecified atom stereocenters. The maximum Gasteiger partial charge on any atom is 0.269 e. The summed E-state index contributed by atoms with van der Waals surface area (Å²) in [6, 6.07) is 11.9. The van der Waals surface area contributed by atoms with Crippen molar-refractivity contribution in [2.75, 3.05) is 6.61 Å². The zero-order valence-electron chi connectivity index (χ0n) is 16.3. The highest BCUT2D eigenvalue weighted by Gasteiger charge is 2.35. The third-order valence-corrected chi connectivity index (χ3v) is 4.34. The first-order valence-electron chi connectivity index (χ1n) is 8.88. The highest BCUT2D eigenvalue weighted by atomic mass is 16.6. The molecule has 2 aromatic rings. The number of non-ortho nitro benzene ring substituents is 2. The molecule has 8 nitrogen and oxygen atoms in total. The Balaban J connectivity index is 2.07. The van der Waals surface area contributed by atoms with E-state index in [1.807, 2.05) is 27.7 Å². The van der Waals surface area contributed by atoms with Crippen molar-refractivity contribution in [2.45, 2.75) is 33.8 Å². The fourth-order valence-corrected chi connectivity index (χ4v) is 3.01. The Morgan fingerprint density at radius 3 is 1.68 bits per heavy atom. The van der Waals surface area contributed by atoms with Crippen LogP contribution in [-0.2, 0) is 0 Å². The van der Waals surface area contributed by atoms with Crippen molar-refractivity contribution in [2.24, 2.45) is 11.3 Å². The molecule has 0 saturated carbocycles. The van der Waals surface area contributed by atoms with E-state index in [4.69, 9.17) is 9.47 Å². The molecule has 2 rings (SSSR count). The van der Waals surface area contributed by atoms with Gasteiger partial charge in [0.05, 0.1) is 16.5 Å². The van der Waals surface area contributed by atoms with E-state index in [0.717, 1.165) is 0 Å². The van der Waals surface area contributed by atoms with Crippen molar-refractivity contribution >= 4 is 11.4 Å². The first kappa shape index (κ1) is 21.1. The Labute approximate surface area is 163 Å². The van der Waals surface area contributed by atoms with Crippen LogP contribution in [0.2, 0.25) is 0 Å². The predicted octanol–water partition coefficient (Wildman–Crippen LogP) is 5.01. The summed E-state index contributed by atoms with van der Waals surface area (Å²) in [5.74, 6) is 1.25. The van der Waals surface area contributed by atoms with Gasteiger partial charge in [-0.1, -0.05) is 27.7 Å². The first-order chi connectivity index (χ1) is 13.1. The van der Waals surface area contributed by atoms with Crippen molar-refractivity contribution in [3.05, 3.63) is 68.8 Å². The molecule has 0 spiro atoms. The van der Waals surface area contributed by atoms with Crippen molar-refractivity contribution in [1.29, 1.82) is 0 Å². The van der Waals surface area contributed by atoms with Gasteiger partial charge >= 0.3 is 0 Å². The van der Waals surface area contributed by atoms with Crippen LogP contribution in [0.25, 0.3) is 0 Å². The van der Waals surface area contributed by atoms with Gasteiger partial charge in [0.25, 0.3) is 11.4 Å². The number of benzene rings is 2. The Kier molecular flexibility index (Phi) is 6.56. The van der Waals surface area contributed by atoms with E-state index in [1.165, 1.54) is 24.3 Å². The lowest BCUT2D eigenvalue weighted by atomic mass is 9.81. The Hall–Kier alpha value is -3.16.